The molecule has 39 heavy (non-hydrogen) atoms. The number of nitrogens with one attached hydrogen (secondary N) is 1. The van der Waals surface area contributed by atoms with Crippen molar-refractivity contribution in [2.24, 2.45) is 0 Å². The Bertz CT molecular complexity index is 1050. The number of halogens is 6. The number of carboxylic acids is 2. The number of aliphatic carboxylic acids is 2. The maximum absolute atomic E-state index is 10.6. The molecule has 2 aliphatic heterocycles. The Kier molecular flexibility index (Phi) is 11.8. The molecule has 2 fully saturated rings. The molecule has 0 amide bonds. The first-order valence-corrected chi connectivity index (χ1v) is 12.6. The second-order valence-electron chi connectivity index (χ2n) is 8.55. The Labute approximate surface area is 223 Å². The third kappa shape index (κ3) is 11.3. The summed E-state index contributed by atoms with van der Waals surface area (Å²) < 4.78 is 63.5. The van der Waals surface area contributed by atoms with Gasteiger partial charge in [-0.25, -0.2) is 24.5 Å². The first-order valence-electron chi connectivity index (χ1n) is 11.7. The summed E-state index contributed by atoms with van der Waals surface area (Å²) in [5.74, 6) is -3.84. The SMILES string of the molecule is Cc1nc(CN2CCN(c3cc(C4CCNCC4)ncn3)CC2)cs1.O=C(O)C(F)(F)F.O=C(O)C(F)(F)F. The van der Waals surface area contributed by atoms with Crippen LogP contribution in [0.3, 0.4) is 0 Å². The van der Waals surface area contributed by atoms with Crippen LogP contribution in [0.4, 0.5) is 32.2 Å². The Morgan fingerprint density at radius 3 is 2.00 bits per heavy atom. The predicted molar refractivity (Wildman–Crippen MR) is 129 cm³/mol. The quantitative estimate of drug-likeness (QED) is 0.459. The van der Waals surface area contributed by atoms with Crippen LogP contribution in [0.2, 0.25) is 0 Å². The van der Waals surface area contributed by atoms with Gasteiger partial charge in [0.25, 0.3) is 0 Å². The zero-order valence-corrected chi connectivity index (χ0v) is 21.6. The summed E-state index contributed by atoms with van der Waals surface area (Å²) in [6.07, 6.45) is -6.06. The van der Waals surface area contributed by atoms with Crippen molar-refractivity contribution in [2.75, 3.05) is 44.2 Å². The van der Waals surface area contributed by atoms with E-state index in [0.717, 1.165) is 56.6 Å². The van der Waals surface area contributed by atoms with Gasteiger partial charge in [-0.15, -0.1) is 11.3 Å². The lowest BCUT2D eigenvalue weighted by Crippen LogP contribution is -2.46. The van der Waals surface area contributed by atoms with Crippen molar-refractivity contribution >= 4 is 29.1 Å². The molecule has 4 heterocycles. The van der Waals surface area contributed by atoms with E-state index in [2.05, 4.69) is 48.4 Å². The minimum atomic E-state index is -5.08. The van der Waals surface area contributed by atoms with Gasteiger partial charge < -0.3 is 20.4 Å². The average Bonchev–Trinajstić information content (AvgIpc) is 3.29. The molecule has 10 nitrogen and oxygen atoms in total. The minimum Gasteiger partial charge on any atom is -0.475 e. The van der Waals surface area contributed by atoms with E-state index in [-0.39, 0.29) is 0 Å². The Balaban J connectivity index is 0.000000317. The van der Waals surface area contributed by atoms with Gasteiger partial charge >= 0.3 is 24.3 Å². The van der Waals surface area contributed by atoms with Crippen molar-refractivity contribution in [3.63, 3.8) is 0 Å². The van der Waals surface area contributed by atoms with Crippen LogP contribution in [-0.2, 0) is 16.1 Å². The van der Waals surface area contributed by atoms with Gasteiger partial charge in [-0.05, 0) is 32.9 Å². The van der Waals surface area contributed by atoms with Crippen LogP contribution in [0.5, 0.6) is 0 Å². The summed E-state index contributed by atoms with van der Waals surface area (Å²) in [5.41, 5.74) is 2.41. The number of thiazole rings is 1. The number of carboxylic acid groups (broad SMARTS) is 2. The second-order valence-corrected chi connectivity index (χ2v) is 9.61. The molecular weight excluding hydrogens is 558 g/mol. The molecule has 218 valence electrons. The lowest BCUT2D eigenvalue weighted by atomic mass is 9.94. The number of nitrogens with zero attached hydrogens (tertiary/aromatic N) is 5. The fraction of sp³-hybridized carbons (Fsp3) is 0.591. The molecule has 0 atom stereocenters. The first-order chi connectivity index (χ1) is 18.2. The van der Waals surface area contributed by atoms with Gasteiger partial charge in [-0.3, -0.25) is 4.90 Å². The van der Waals surface area contributed by atoms with Gasteiger partial charge in [0.15, 0.2) is 0 Å². The predicted octanol–water partition coefficient (Wildman–Crippen LogP) is 3.30. The molecule has 0 saturated carbocycles. The lowest BCUT2D eigenvalue weighted by Gasteiger charge is -2.35. The van der Waals surface area contributed by atoms with Crippen molar-refractivity contribution in [2.45, 2.75) is 44.6 Å². The van der Waals surface area contributed by atoms with Crippen molar-refractivity contribution in [3.05, 3.63) is 34.2 Å². The normalized spacial score (nSPS) is 16.9. The standard InChI is InChI=1S/C18H26N6S.2C2HF3O2/c1-14-22-16(12-25-14)11-23-6-8-24(9-7-23)18-10-17(20-13-21-18)15-2-4-19-5-3-15;2*3-2(4,5)1(6)7/h10,12-13,15,19H,2-9,11H2,1H3;2*(H,6,7). The van der Waals surface area contributed by atoms with Crippen LogP contribution in [0.25, 0.3) is 0 Å². The summed E-state index contributed by atoms with van der Waals surface area (Å²) >= 11 is 1.74. The van der Waals surface area contributed by atoms with Gasteiger partial charge in [0.05, 0.1) is 10.7 Å². The van der Waals surface area contributed by atoms with Gasteiger partial charge in [0.2, 0.25) is 0 Å². The number of aryl methyl sites for hydroxylation is 1. The zero-order valence-electron chi connectivity index (χ0n) is 20.8. The highest BCUT2D eigenvalue weighted by Gasteiger charge is 2.38. The van der Waals surface area contributed by atoms with Crippen LogP contribution in [0, 0.1) is 6.92 Å². The number of carbonyl (C=O) groups is 2. The number of piperidine rings is 1. The number of rotatable bonds is 4. The molecular formula is C22H28F6N6O4S. The van der Waals surface area contributed by atoms with Gasteiger partial charge in [0.1, 0.15) is 12.1 Å². The van der Waals surface area contributed by atoms with E-state index in [9.17, 15) is 26.3 Å². The fourth-order valence-electron chi connectivity index (χ4n) is 3.72. The van der Waals surface area contributed by atoms with Crippen molar-refractivity contribution in [1.29, 1.82) is 0 Å². The highest BCUT2D eigenvalue weighted by atomic mass is 32.1. The average molecular weight is 587 g/mol. The Hall–Kier alpha value is -3.05. The van der Waals surface area contributed by atoms with E-state index in [1.165, 1.54) is 24.2 Å². The van der Waals surface area contributed by atoms with E-state index in [1.54, 1.807) is 17.7 Å². The topological polar surface area (TPSA) is 132 Å². The number of alkyl halides is 6. The largest absolute Gasteiger partial charge is 0.490 e. The minimum absolute atomic E-state index is 0.581. The molecule has 0 bridgehead atoms. The molecule has 2 aliphatic rings. The van der Waals surface area contributed by atoms with Crippen LogP contribution in [0.15, 0.2) is 17.8 Å². The van der Waals surface area contributed by atoms with Gasteiger partial charge in [-0.2, -0.15) is 26.3 Å². The second kappa shape index (κ2) is 14.4. The number of piperazine rings is 1. The van der Waals surface area contributed by atoms with Crippen LogP contribution >= 0.6 is 11.3 Å². The summed E-state index contributed by atoms with van der Waals surface area (Å²) in [5, 5.41) is 21.0. The van der Waals surface area contributed by atoms with E-state index < -0.39 is 24.3 Å². The Morgan fingerprint density at radius 1 is 1.00 bits per heavy atom. The molecule has 4 rings (SSSR count). The molecule has 0 unspecified atom stereocenters. The van der Waals surface area contributed by atoms with Crippen LogP contribution in [0.1, 0.15) is 35.2 Å². The van der Waals surface area contributed by atoms with Crippen LogP contribution in [-0.4, -0.2) is 93.6 Å². The lowest BCUT2D eigenvalue weighted by molar-refractivity contribution is -0.193. The van der Waals surface area contributed by atoms with E-state index in [1.807, 2.05) is 0 Å². The third-order valence-electron chi connectivity index (χ3n) is 5.66. The third-order valence-corrected chi connectivity index (χ3v) is 6.49. The fourth-order valence-corrected chi connectivity index (χ4v) is 4.32. The van der Waals surface area contributed by atoms with Crippen molar-refractivity contribution < 1.29 is 46.1 Å². The highest BCUT2D eigenvalue weighted by Crippen LogP contribution is 2.26. The monoisotopic (exact) mass is 586 g/mol. The zero-order chi connectivity index (χ0) is 29.2. The van der Waals surface area contributed by atoms with Crippen molar-refractivity contribution in [3.8, 4) is 0 Å². The molecule has 0 aliphatic carbocycles. The maximum Gasteiger partial charge on any atom is 0.490 e. The van der Waals surface area contributed by atoms with Gasteiger partial charge in [0, 0.05) is 55.8 Å². The number of hydrogen-bond donors (Lipinski definition) is 3. The number of aromatic nitrogens is 3. The number of hydrogen-bond acceptors (Lipinski definition) is 9. The van der Waals surface area contributed by atoms with Gasteiger partial charge in [-0.1, -0.05) is 0 Å². The van der Waals surface area contributed by atoms with E-state index in [4.69, 9.17) is 19.8 Å². The van der Waals surface area contributed by atoms with Crippen molar-refractivity contribution in [1.82, 2.24) is 25.2 Å². The molecule has 2 aromatic heterocycles. The summed E-state index contributed by atoms with van der Waals surface area (Å²) in [4.78, 5) is 36.3. The molecule has 0 spiro atoms. The molecule has 2 aromatic rings. The van der Waals surface area contributed by atoms with E-state index >= 15 is 0 Å². The molecule has 17 heteroatoms. The highest BCUT2D eigenvalue weighted by molar-refractivity contribution is 7.09. The summed E-state index contributed by atoms with van der Waals surface area (Å²) in [6.45, 7) is 9.38. The molecule has 0 aromatic carbocycles. The smallest absolute Gasteiger partial charge is 0.475 e. The Morgan fingerprint density at radius 2 is 1.54 bits per heavy atom. The molecule has 0 radical (unpaired) electrons. The summed E-state index contributed by atoms with van der Waals surface area (Å²) in [7, 11) is 0. The summed E-state index contributed by atoms with van der Waals surface area (Å²) in [6, 6.07) is 2.22. The molecule has 2 saturated heterocycles. The maximum atomic E-state index is 10.6. The number of anilines is 1. The van der Waals surface area contributed by atoms with E-state index in [0.29, 0.717) is 5.92 Å². The van der Waals surface area contributed by atoms with Crippen LogP contribution < -0.4 is 10.2 Å². The first kappa shape index (κ1) is 32.2. The molecule has 3 N–H and O–H groups in total.